The third-order valence-electron chi connectivity index (χ3n) is 10.1. The number of hydrogen-bond acceptors (Lipinski definition) is 6. The fraction of sp³-hybridized carbons (Fsp3) is 0.500. The molecule has 2 aliphatic carbocycles. The Morgan fingerprint density at radius 2 is 2.05 bits per heavy atom. The van der Waals surface area contributed by atoms with Crippen molar-refractivity contribution in [2.75, 3.05) is 19.6 Å². The van der Waals surface area contributed by atoms with E-state index in [0.717, 1.165) is 54.6 Å². The Bertz CT molecular complexity index is 1550. The average molecular weight is 583 g/mol. The number of carbonyl (C=O) groups excluding carboxylic acids is 2. The molecule has 0 unspecified atom stereocenters. The van der Waals surface area contributed by atoms with Crippen LogP contribution in [0, 0.1) is 37.5 Å². The predicted molar refractivity (Wildman–Crippen MR) is 165 cm³/mol. The van der Waals surface area contributed by atoms with Gasteiger partial charge in [0, 0.05) is 60.1 Å². The highest BCUT2D eigenvalue weighted by molar-refractivity contribution is 5.94. The van der Waals surface area contributed by atoms with Gasteiger partial charge in [-0.15, -0.1) is 6.58 Å². The molecule has 2 aromatic carbocycles. The summed E-state index contributed by atoms with van der Waals surface area (Å²) in [5.41, 5.74) is 4.68. The molecular formula is C36H42N2O5. The molecule has 6 rings (SSSR count). The Labute approximate surface area is 254 Å². The zero-order chi connectivity index (χ0) is 30.6. The summed E-state index contributed by atoms with van der Waals surface area (Å²) in [6.45, 7) is 15.9. The van der Waals surface area contributed by atoms with Gasteiger partial charge in [0.15, 0.2) is 11.5 Å². The summed E-state index contributed by atoms with van der Waals surface area (Å²) in [5, 5.41) is 11.2. The van der Waals surface area contributed by atoms with E-state index in [4.69, 9.17) is 9.47 Å². The number of esters is 1. The Kier molecular flexibility index (Phi) is 7.54. The summed E-state index contributed by atoms with van der Waals surface area (Å²) in [6.07, 6.45) is 4.87. The number of aryl methyl sites for hydroxylation is 2. The van der Waals surface area contributed by atoms with Gasteiger partial charge in [0.05, 0.1) is 6.04 Å². The molecule has 1 amide bonds. The second-order valence-electron chi connectivity index (χ2n) is 13.2. The van der Waals surface area contributed by atoms with Crippen molar-refractivity contribution < 1.29 is 24.2 Å². The van der Waals surface area contributed by atoms with Crippen LogP contribution >= 0.6 is 0 Å². The number of rotatable bonds is 6. The number of phenolic OH excluding ortho intramolecular Hbond substituents is 1. The first kappa shape index (κ1) is 29.3. The zero-order valence-corrected chi connectivity index (χ0v) is 25.9. The highest BCUT2D eigenvalue weighted by Gasteiger charge is 2.67. The van der Waals surface area contributed by atoms with Crippen LogP contribution in [0.1, 0.15) is 67.9 Å². The summed E-state index contributed by atoms with van der Waals surface area (Å²) < 4.78 is 12.5. The molecule has 5 atom stereocenters. The Morgan fingerprint density at radius 3 is 2.74 bits per heavy atom. The topological polar surface area (TPSA) is 79.3 Å². The molecule has 1 N–H and O–H groups in total. The number of ether oxygens (including phenoxy) is 2. The molecule has 7 nitrogen and oxygen atoms in total. The van der Waals surface area contributed by atoms with Crippen LogP contribution in [0.2, 0.25) is 0 Å². The van der Waals surface area contributed by atoms with Crippen LogP contribution in [0.5, 0.6) is 17.2 Å². The summed E-state index contributed by atoms with van der Waals surface area (Å²) in [5.74, 6) is 6.86. The van der Waals surface area contributed by atoms with Crippen molar-refractivity contribution in [1.82, 2.24) is 9.80 Å². The molecule has 1 saturated carbocycles. The standard InChI is InChI=1S/C36H42N2O5/c1-7-15-37-16-14-36-27-11-12-28(38(20-21(2)3)32(41)13-10-25-9-8-22(4)23(5)17-25)35(36)43-34-30(40)19-31(42-24(6)39)26(33(34)36)18-29(27)37/h7-9,17,19,21,27-29,35,40H,1,11-12,14-16,18,20H2,2-6H3/t27-,28+,29+,35-,36-/m0/s1. The number of phenols is 1. The smallest absolute Gasteiger partial charge is 0.308 e. The average Bonchev–Trinajstić information content (AvgIpc) is 3.30. The van der Waals surface area contributed by atoms with Crippen molar-refractivity contribution in [3.05, 3.63) is 64.7 Å². The molecule has 2 aromatic rings. The van der Waals surface area contributed by atoms with Crippen LogP contribution in [-0.4, -0.2) is 64.6 Å². The lowest BCUT2D eigenvalue weighted by Crippen LogP contribution is -2.69. The van der Waals surface area contributed by atoms with E-state index in [0.29, 0.717) is 24.5 Å². The van der Waals surface area contributed by atoms with Crippen molar-refractivity contribution in [2.45, 2.75) is 83.9 Å². The second kappa shape index (κ2) is 11.1. The van der Waals surface area contributed by atoms with Crippen LogP contribution in [0.15, 0.2) is 36.9 Å². The molecule has 2 heterocycles. The number of carbonyl (C=O) groups is 2. The van der Waals surface area contributed by atoms with Crippen LogP contribution in [0.4, 0.5) is 0 Å². The van der Waals surface area contributed by atoms with Crippen LogP contribution < -0.4 is 9.47 Å². The lowest BCUT2D eigenvalue weighted by atomic mass is 9.50. The lowest BCUT2D eigenvalue weighted by Gasteiger charge is -2.60. The quantitative estimate of drug-likeness (QED) is 0.222. The third kappa shape index (κ3) is 4.80. The van der Waals surface area contributed by atoms with Gasteiger partial charge in [-0.1, -0.05) is 31.9 Å². The maximum absolute atomic E-state index is 13.9. The minimum absolute atomic E-state index is 0.0143. The number of benzene rings is 2. The Balaban J connectivity index is 1.44. The molecule has 0 aromatic heterocycles. The first-order valence-corrected chi connectivity index (χ1v) is 15.5. The van der Waals surface area contributed by atoms with Gasteiger partial charge in [-0.25, -0.2) is 0 Å². The summed E-state index contributed by atoms with van der Waals surface area (Å²) >= 11 is 0. The normalized spacial score (nSPS) is 26.6. The maximum Gasteiger partial charge on any atom is 0.308 e. The number of hydrogen-bond donors (Lipinski definition) is 1. The van der Waals surface area contributed by atoms with E-state index in [-0.39, 0.29) is 41.7 Å². The van der Waals surface area contributed by atoms with E-state index in [2.05, 4.69) is 51.0 Å². The molecular weight excluding hydrogens is 540 g/mol. The van der Waals surface area contributed by atoms with E-state index < -0.39 is 11.4 Å². The van der Waals surface area contributed by atoms with Crippen molar-refractivity contribution in [1.29, 1.82) is 0 Å². The van der Waals surface area contributed by atoms with Gasteiger partial charge < -0.3 is 19.5 Å². The van der Waals surface area contributed by atoms with Crippen LogP contribution in [0.3, 0.4) is 0 Å². The number of aromatic hydroxyl groups is 1. The minimum Gasteiger partial charge on any atom is -0.504 e. The Morgan fingerprint density at radius 1 is 1.26 bits per heavy atom. The van der Waals surface area contributed by atoms with E-state index in [1.807, 2.05) is 29.2 Å². The molecule has 226 valence electrons. The lowest BCUT2D eigenvalue weighted by molar-refractivity contribution is -0.137. The van der Waals surface area contributed by atoms with Crippen LogP contribution in [-0.2, 0) is 21.4 Å². The number of amides is 1. The summed E-state index contributed by atoms with van der Waals surface area (Å²) in [7, 11) is 0. The third-order valence-corrected chi connectivity index (χ3v) is 10.1. The SMILES string of the molecule is C=CCN1CC[C@]23c4c5c(OC(C)=O)cc(O)c4O[C@H]2[C@H](N(CC(C)C)C(=O)C#Cc2ccc(C)c(C)c2)CC[C@H]3[C@H]1C5. The molecule has 2 fully saturated rings. The number of likely N-dealkylation sites (tertiary alicyclic amines) is 1. The first-order chi connectivity index (χ1) is 20.5. The maximum atomic E-state index is 13.9. The van der Waals surface area contributed by atoms with Gasteiger partial charge in [-0.05, 0) is 81.2 Å². The summed E-state index contributed by atoms with van der Waals surface area (Å²) in [4.78, 5) is 30.5. The monoisotopic (exact) mass is 582 g/mol. The molecule has 1 spiro atoms. The van der Waals surface area contributed by atoms with Crippen molar-refractivity contribution in [2.24, 2.45) is 11.8 Å². The van der Waals surface area contributed by atoms with Gasteiger partial charge >= 0.3 is 5.97 Å². The zero-order valence-electron chi connectivity index (χ0n) is 25.9. The predicted octanol–water partition coefficient (Wildman–Crippen LogP) is 5.06. The molecule has 7 heteroatoms. The number of piperidine rings is 1. The Hall–Kier alpha value is -3.76. The van der Waals surface area contributed by atoms with E-state index in [1.165, 1.54) is 18.6 Å². The van der Waals surface area contributed by atoms with Gasteiger partial charge in [0.1, 0.15) is 11.9 Å². The van der Waals surface area contributed by atoms with Crippen molar-refractivity contribution in [3.63, 3.8) is 0 Å². The van der Waals surface area contributed by atoms with E-state index >= 15 is 0 Å². The highest BCUT2D eigenvalue weighted by Crippen LogP contribution is 2.65. The van der Waals surface area contributed by atoms with Gasteiger partial charge in [-0.3, -0.25) is 14.5 Å². The second-order valence-corrected chi connectivity index (χ2v) is 13.2. The highest BCUT2D eigenvalue weighted by atomic mass is 16.5. The summed E-state index contributed by atoms with van der Waals surface area (Å²) in [6, 6.07) is 7.55. The molecule has 43 heavy (non-hydrogen) atoms. The molecule has 2 aliphatic heterocycles. The molecule has 2 bridgehead atoms. The molecule has 0 radical (unpaired) electrons. The minimum atomic E-state index is -0.420. The first-order valence-electron chi connectivity index (χ1n) is 15.5. The largest absolute Gasteiger partial charge is 0.504 e. The van der Waals surface area contributed by atoms with Gasteiger partial charge in [0.25, 0.3) is 5.91 Å². The van der Waals surface area contributed by atoms with Crippen molar-refractivity contribution in [3.8, 4) is 29.1 Å². The number of nitrogens with zero attached hydrogens (tertiary/aromatic N) is 2. The van der Waals surface area contributed by atoms with E-state index in [1.54, 1.807) is 0 Å². The van der Waals surface area contributed by atoms with Gasteiger partial charge in [-0.2, -0.15) is 0 Å². The fourth-order valence-corrected chi connectivity index (χ4v) is 8.39. The fourth-order valence-electron chi connectivity index (χ4n) is 8.39. The van der Waals surface area contributed by atoms with Crippen LogP contribution in [0.25, 0.3) is 0 Å². The molecule has 1 saturated heterocycles. The molecule has 4 aliphatic rings. The van der Waals surface area contributed by atoms with E-state index in [9.17, 15) is 14.7 Å². The van der Waals surface area contributed by atoms with Gasteiger partial charge in [0.2, 0.25) is 0 Å². The van der Waals surface area contributed by atoms with Crippen molar-refractivity contribution >= 4 is 11.9 Å².